The van der Waals surface area contributed by atoms with Gasteiger partial charge in [-0.1, -0.05) is 6.07 Å². The summed E-state index contributed by atoms with van der Waals surface area (Å²) in [4.78, 5) is 13.7. The van der Waals surface area contributed by atoms with Crippen molar-refractivity contribution in [2.75, 3.05) is 16.3 Å². The van der Waals surface area contributed by atoms with Gasteiger partial charge in [0.25, 0.3) is 0 Å². The molecule has 0 N–H and O–H groups in total. The Morgan fingerprint density at radius 3 is 2.54 bits per heavy atom. The molecule has 4 nitrogen and oxygen atoms in total. The molecule has 1 heterocycles. The van der Waals surface area contributed by atoms with Crippen LogP contribution in [0.15, 0.2) is 41.3 Å². The third-order valence-electron chi connectivity index (χ3n) is 4.76. The minimum Gasteiger partial charge on any atom is -0.293 e. The summed E-state index contributed by atoms with van der Waals surface area (Å²) in [5.41, 5.74) is 4.71. The second-order valence-corrected chi connectivity index (χ2v) is 9.82. The lowest BCUT2D eigenvalue weighted by Crippen LogP contribution is -2.34. The average Bonchev–Trinajstić information content (AvgIpc) is 2.90. The van der Waals surface area contributed by atoms with Crippen LogP contribution in [-0.4, -0.2) is 32.3 Å². The van der Waals surface area contributed by atoms with Gasteiger partial charge < -0.3 is 0 Å². The zero-order chi connectivity index (χ0) is 19.1. The second-order valence-electron chi connectivity index (χ2n) is 6.91. The Bertz CT molecular complexity index is 967. The van der Waals surface area contributed by atoms with Crippen molar-refractivity contribution < 1.29 is 13.2 Å². The number of benzene rings is 2. The molecule has 3 rings (SSSR count). The molecular weight excluding hydrogens is 366 g/mol. The van der Waals surface area contributed by atoms with Gasteiger partial charge in [0.05, 0.1) is 17.7 Å². The van der Waals surface area contributed by atoms with E-state index in [0.29, 0.717) is 23.4 Å². The van der Waals surface area contributed by atoms with Crippen molar-refractivity contribution in [1.29, 1.82) is 0 Å². The van der Waals surface area contributed by atoms with Gasteiger partial charge in [0, 0.05) is 16.5 Å². The SMILES string of the molecule is Cc1ccc(SCC(=O)c2ccc3c(c2)C[C@@H](C)N3S(C)(=O)=O)cc1C. The zero-order valence-electron chi connectivity index (χ0n) is 15.4. The number of ketones is 1. The smallest absolute Gasteiger partial charge is 0.232 e. The largest absolute Gasteiger partial charge is 0.293 e. The van der Waals surface area contributed by atoms with Gasteiger partial charge in [-0.15, -0.1) is 11.8 Å². The summed E-state index contributed by atoms with van der Waals surface area (Å²) in [5, 5.41) is 0. The van der Waals surface area contributed by atoms with Crippen LogP contribution in [0, 0.1) is 13.8 Å². The first-order chi connectivity index (χ1) is 12.2. The van der Waals surface area contributed by atoms with Crippen molar-refractivity contribution in [2.24, 2.45) is 0 Å². The van der Waals surface area contributed by atoms with E-state index in [9.17, 15) is 13.2 Å². The molecule has 1 aliphatic heterocycles. The number of hydrogen-bond acceptors (Lipinski definition) is 4. The molecule has 0 bridgehead atoms. The standard InChI is InChI=1S/C20H23NO3S2/c1-13-5-7-18(9-14(13)2)25-12-20(22)16-6-8-19-17(11-16)10-15(3)21(19)26(4,23)24/h5-9,11,15H,10,12H2,1-4H3/t15-/m1/s1. The van der Waals surface area contributed by atoms with Crippen LogP contribution in [0.3, 0.4) is 0 Å². The average molecular weight is 390 g/mol. The normalized spacial score (nSPS) is 16.6. The number of rotatable bonds is 5. The lowest BCUT2D eigenvalue weighted by molar-refractivity contribution is 0.102. The number of carbonyl (C=O) groups excluding carboxylic acids is 1. The van der Waals surface area contributed by atoms with Crippen molar-refractivity contribution in [3.8, 4) is 0 Å². The fourth-order valence-corrected chi connectivity index (χ4v) is 5.47. The van der Waals surface area contributed by atoms with E-state index in [4.69, 9.17) is 0 Å². The molecule has 0 saturated heterocycles. The molecule has 0 amide bonds. The maximum Gasteiger partial charge on any atom is 0.232 e. The molecule has 2 aromatic carbocycles. The lowest BCUT2D eigenvalue weighted by atomic mass is 10.0. The molecule has 6 heteroatoms. The summed E-state index contributed by atoms with van der Waals surface area (Å²) in [6.07, 6.45) is 1.85. The first kappa shape index (κ1) is 19.0. The summed E-state index contributed by atoms with van der Waals surface area (Å²) in [6.45, 7) is 6.02. The molecule has 0 spiro atoms. The highest BCUT2D eigenvalue weighted by Gasteiger charge is 2.32. The summed E-state index contributed by atoms with van der Waals surface area (Å²) >= 11 is 1.53. The lowest BCUT2D eigenvalue weighted by Gasteiger charge is -2.21. The number of sulfonamides is 1. The van der Waals surface area contributed by atoms with Crippen molar-refractivity contribution in [3.05, 3.63) is 58.7 Å². The van der Waals surface area contributed by atoms with Gasteiger partial charge in [-0.05, 0) is 74.2 Å². The van der Waals surface area contributed by atoms with Gasteiger partial charge in [-0.25, -0.2) is 8.42 Å². The minimum absolute atomic E-state index is 0.0569. The summed E-state index contributed by atoms with van der Waals surface area (Å²) < 4.78 is 25.4. The third kappa shape index (κ3) is 3.81. The maximum atomic E-state index is 12.6. The highest BCUT2D eigenvalue weighted by atomic mass is 32.2. The van der Waals surface area contributed by atoms with Gasteiger partial charge in [-0.2, -0.15) is 0 Å². The van der Waals surface area contributed by atoms with E-state index >= 15 is 0 Å². The monoisotopic (exact) mass is 389 g/mol. The third-order valence-corrected chi connectivity index (χ3v) is 7.03. The van der Waals surface area contributed by atoms with Crippen LogP contribution in [0.25, 0.3) is 0 Å². The molecule has 138 valence electrons. The molecule has 2 aromatic rings. The number of Topliss-reactive ketones (excluding diaryl/α,β-unsaturated/α-hetero) is 1. The van der Waals surface area contributed by atoms with Crippen LogP contribution in [0.5, 0.6) is 0 Å². The number of aryl methyl sites for hydroxylation is 2. The second kappa shape index (κ2) is 7.08. The van der Waals surface area contributed by atoms with Crippen LogP contribution in [0.2, 0.25) is 0 Å². The fraction of sp³-hybridized carbons (Fsp3) is 0.350. The van der Waals surface area contributed by atoms with Crippen LogP contribution in [-0.2, 0) is 16.4 Å². The van der Waals surface area contributed by atoms with Gasteiger partial charge in [0.1, 0.15) is 0 Å². The Kier molecular flexibility index (Phi) is 5.17. The van der Waals surface area contributed by atoms with Crippen LogP contribution in [0.4, 0.5) is 5.69 Å². The number of hydrogen-bond donors (Lipinski definition) is 0. The minimum atomic E-state index is -3.31. The van der Waals surface area contributed by atoms with Gasteiger partial charge >= 0.3 is 0 Å². The molecule has 0 aromatic heterocycles. The fourth-order valence-electron chi connectivity index (χ4n) is 3.32. The molecule has 1 atom stereocenters. The van der Waals surface area contributed by atoms with Crippen molar-refractivity contribution in [2.45, 2.75) is 38.1 Å². The number of carbonyl (C=O) groups is 1. The van der Waals surface area contributed by atoms with Crippen molar-refractivity contribution in [3.63, 3.8) is 0 Å². The molecule has 1 aliphatic rings. The molecule has 26 heavy (non-hydrogen) atoms. The molecule has 0 unspecified atom stereocenters. The number of thioether (sulfide) groups is 1. The Morgan fingerprint density at radius 1 is 1.15 bits per heavy atom. The van der Waals surface area contributed by atoms with E-state index in [0.717, 1.165) is 10.5 Å². The van der Waals surface area contributed by atoms with Crippen molar-refractivity contribution in [1.82, 2.24) is 0 Å². The zero-order valence-corrected chi connectivity index (χ0v) is 17.1. The molecule has 0 fully saturated rings. The Hall–Kier alpha value is -1.79. The molecule has 0 aliphatic carbocycles. The number of fused-ring (bicyclic) bond motifs is 1. The highest BCUT2D eigenvalue weighted by molar-refractivity contribution is 8.00. The summed E-state index contributed by atoms with van der Waals surface area (Å²) in [6, 6.07) is 11.4. The quantitative estimate of drug-likeness (QED) is 0.573. The van der Waals surface area contributed by atoms with E-state index in [1.54, 1.807) is 12.1 Å². The van der Waals surface area contributed by atoms with E-state index in [1.165, 1.54) is 33.4 Å². The first-order valence-corrected chi connectivity index (χ1v) is 11.4. The topological polar surface area (TPSA) is 54.5 Å². The predicted octanol–water partition coefficient (Wildman–Crippen LogP) is 3.99. The van der Waals surface area contributed by atoms with Gasteiger partial charge in [-0.3, -0.25) is 9.10 Å². The van der Waals surface area contributed by atoms with Crippen LogP contribution < -0.4 is 4.31 Å². The van der Waals surface area contributed by atoms with Crippen molar-refractivity contribution >= 4 is 33.3 Å². The van der Waals surface area contributed by atoms with E-state index in [1.807, 2.05) is 19.1 Å². The Balaban J connectivity index is 1.75. The van der Waals surface area contributed by atoms with E-state index in [-0.39, 0.29) is 11.8 Å². The van der Waals surface area contributed by atoms with Gasteiger partial charge in [0.2, 0.25) is 10.0 Å². The Morgan fingerprint density at radius 2 is 1.88 bits per heavy atom. The van der Waals surface area contributed by atoms with E-state index in [2.05, 4.69) is 26.0 Å². The maximum absolute atomic E-state index is 12.6. The van der Waals surface area contributed by atoms with Gasteiger partial charge in [0.15, 0.2) is 5.78 Å². The summed E-state index contributed by atoms with van der Waals surface area (Å²) in [5.74, 6) is 0.425. The summed E-state index contributed by atoms with van der Waals surface area (Å²) in [7, 11) is -3.31. The Labute approximate surface area is 159 Å². The first-order valence-electron chi connectivity index (χ1n) is 8.52. The molecule has 0 saturated carbocycles. The molecular formula is C20H23NO3S2. The van der Waals surface area contributed by atoms with Crippen LogP contribution >= 0.6 is 11.8 Å². The molecule has 0 radical (unpaired) electrons. The van der Waals surface area contributed by atoms with E-state index < -0.39 is 10.0 Å². The highest BCUT2D eigenvalue weighted by Crippen LogP contribution is 2.35. The predicted molar refractivity (Wildman–Crippen MR) is 108 cm³/mol. The van der Waals surface area contributed by atoms with Crippen LogP contribution in [0.1, 0.15) is 34.0 Å². The number of nitrogens with zero attached hydrogens (tertiary/aromatic N) is 1. The number of anilines is 1.